The second-order valence-electron chi connectivity index (χ2n) is 14.0. The Bertz CT molecular complexity index is 3190. The molecule has 0 aliphatic carbocycles. The highest BCUT2D eigenvalue weighted by Gasteiger charge is 2.42. The summed E-state index contributed by atoms with van der Waals surface area (Å²) in [5.74, 6) is 0. The van der Waals surface area contributed by atoms with Gasteiger partial charge in [0.2, 0.25) is 0 Å². The van der Waals surface area contributed by atoms with Crippen molar-refractivity contribution in [3.8, 4) is 0 Å². The van der Waals surface area contributed by atoms with E-state index < -0.39 is 8.07 Å². The summed E-state index contributed by atoms with van der Waals surface area (Å²) in [6.07, 6.45) is 0. The van der Waals surface area contributed by atoms with Crippen molar-refractivity contribution in [2.45, 2.75) is 0 Å². The monoisotopic (exact) mass is 662 g/mol. The zero-order valence-corrected chi connectivity index (χ0v) is 28.7. The van der Waals surface area contributed by atoms with Gasteiger partial charge in [0.05, 0.1) is 33.1 Å². The quantitative estimate of drug-likeness (QED) is 0.131. The van der Waals surface area contributed by atoms with Crippen molar-refractivity contribution in [3.05, 3.63) is 182 Å². The molecule has 0 aliphatic rings. The highest BCUT2D eigenvalue weighted by atomic mass is 28.3. The molecule has 3 heteroatoms. The Morgan fingerprint density at radius 3 is 1.02 bits per heavy atom. The van der Waals surface area contributed by atoms with Gasteiger partial charge >= 0.3 is 0 Å². The Morgan fingerprint density at radius 1 is 0.275 bits per heavy atom. The molecule has 236 valence electrons. The fraction of sp³-hybridized carbons (Fsp3) is 0. The number of hydrogen-bond acceptors (Lipinski definition) is 0. The second-order valence-corrected chi connectivity index (χ2v) is 17.8. The van der Waals surface area contributed by atoms with Gasteiger partial charge in [-0.15, -0.1) is 0 Å². The first-order chi connectivity index (χ1) is 25.4. The fourth-order valence-corrected chi connectivity index (χ4v) is 14.6. The van der Waals surface area contributed by atoms with Crippen LogP contribution in [0.15, 0.2) is 182 Å². The normalized spacial score (nSPS) is 12.7. The third-order valence-electron chi connectivity index (χ3n) is 11.7. The van der Waals surface area contributed by atoms with E-state index in [0.29, 0.717) is 0 Å². The number of para-hydroxylation sites is 3. The van der Waals surface area contributed by atoms with E-state index in [4.69, 9.17) is 0 Å². The van der Waals surface area contributed by atoms with Crippen molar-refractivity contribution < 1.29 is 0 Å². The van der Waals surface area contributed by atoms with Crippen molar-refractivity contribution in [1.29, 1.82) is 0 Å². The first kappa shape index (κ1) is 27.4. The molecule has 8 aromatic carbocycles. The first-order valence-electron chi connectivity index (χ1n) is 17.8. The van der Waals surface area contributed by atoms with Gasteiger partial charge in [0, 0.05) is 43.1 Å². The maximum Gasteiger partial charge on any atom is 0.179 e. The minimum Gasteiger partial charge on any atom is -0.308 e. The third kappa shape index (κ3) is 3.28. The average Bonchev–Trinajstić information content (AvgIpc) is 3.93. The summed E-state index contributed by atoms with van der Waals surface area (Å²) in [4.78, 5) is 0. The largest absolute Gasteiger partial charge is 0.308 e. The maximum atomic E-state index is 2.60. The van der Waals surface area contributed by atoms with E-state index in [1.165, 1.54) is 96.9 Å². The zero-order valence-electron chi connectivity index (χ0n) is 27.7. The van der Waals surface area contributed by atoms with Crippen LogP contribution in [0.1, 0.15) is 0 Å². The summed E-state index contributed by atoms with van der Waals surface area (Å²) >= 11 is 0. The Kier molecular flexibility index (Phi) is 5.29. The van der Waals surface area contributed by atoms with Gasteiger partial charge in [0.25, 0.3) is 0 Å². The highest BCUT2D eigenvalue weighted by molar-refractivity contribution is 7.20. The van der Waals surface area contributed by atoms with Gasteiger partial charge in [-0.1, -0.05) is 158 Å². The summed E-state index contributed by atoms with van der Waals surface area (Å²) in [5, 5.41) is 16.2. The summed E-state index contributed by atoms with van der Waals surface area (Å²) < 4.78 is 5.13. The van der Waals surface area contributed by atoms with Crippen LogP contribution in [0.25, 0.3) is 76.2 Å². The van der Waals surface area contributed by atoms with Gasteiger partial charge in [-0.25, -0.2) is 0 Å². The Hall–Kier alpha value is -6.42. The molecule has 51 heavy (non-hydrogen) atoms. The topological polar surface area (TPSA) is 8.82 Å². The number of hydrogen-bond donors (Lipinski definition) is 0. The molecule has 4 aromatic heterocycles. The number of aromatic nitrogens is 2. The molecule has 12 rings (SSSR count). The lowest BCUT2D eigenvalue weighted by atomic mass is 9.98. The fourth-order valence-electron chi connectivity index (χ4n) is 9.83. The minimum absolute atomic E-state index is 1.26. The number of nitrogens with zero attached hydrogens (tertiary/aromatic N) is 2. The zero-order chi connectivity index (χ0) is 33.3. The van der Waals surface area contributed by atoms with Crippen molar-refractivity contribution in [2.24, 2.45) is 0 Å². The van der Waals surface area contributed by atoms with Crippen LogP contribution in [0.3, 0.4) is 0 Å². The van der Waals surface area contributed by atoms with Crippen LogP contribution < -0.4 is 20.7 Å². The van der Waals surface area contributed by atoms with Crippen LogP contribution in [-0.4, -0.2) is 16.9 Å². The maximum absolute atomic E-state index is 2.73. The lowest BCUT2D eigenvalue weighted by molar-refractivity contribution is 1.37. The molecule has 4 heterocycles. The predicted octanol–water partition coefficient (Wildman–Crippen LogP) is 9.36. The second kappa shape index (κ2) is 9.84. The van der Waals surface area contributed by atoms with E-state index >= 15 is 0 Å². The van der Waals surface area contributed by atoms with Crippen LogP contribution >= 0.6 is 0 Å². The van der Waals surface area contributed by atoms with E-state index in [1.54, 1.807) is 0 Å². The minimum atomic E-state index is -2.73. The standard InChI is InChI=1S/C48H30N2Si/c1-4-16-31(17-5-1)51(32-18-6-2-7-19-32,33-20-8-3-9-21-33)34-28-29-38-42(30-34)50-41-27-15-12-24-37(41)44-43-35-22-10-13-25-39(35)49-40-26-14-11-23-36(40)45(47(43)49)46(38)48(44)50/h1-30H. The summed E-state index contributed by atoms with van der Waals surface area (Å²) in [5.41, 5.74) is 7.75. The highest BCUT2D eigenvalue weighted by Crippen LogP contribution is 2.51. The Morgan fingerprint density at radius 2 is 0.608 bits per heavy atom. The molecule has 0 fully saturated rings. The van der Waals surface area contributed by atoms with Gasteiger partial charge in [-0.3, -0.25) is 0 Å². The molecular formula is C48H30N2Si. The van der Waals surface area contributed by atoms with E-state index in [1.807, 2.05) is 0 Å². The molecule has 12 aromatic rings. The molecule has 0 spiro atoms. The molecule has 0 amide bonds. The number of benzene rings is 8. The van der Waals surface area contributed by atoms with Crippen LogP contribution in [0.5, 0.6) is 0 Å². The van der Waals surface area contributed by atoms with Gasteiger partial charge in [-0.05, 0) is 45.0 Å². The Balaban J connectivity index is 1.34. The average molecular weight is 663 g/mol. The van der Waals surface area contributed by atoms with E-state index in [-0.39, 0.29) is 0 Å². The molecule has 0 radical (unpaired) electrons. The van der Waals surface area contributed by atoms with Crippen molar-refractivity contribution in [1.82, 2.24) is 8.80 Å². The van der Waals surface area contributed by atoms with Crippen LogP contribution in [0, 0.1) is 0 Å². The van der Waals surface area contributed by atoms with Gasteiger partial charge in [-0.2, -0.15) is 0 Å². The number of rotatable bonds is 4. The van der Waals surface area contributed by atoms with E-state index in [0.717, 1.165) is 0 Å². The van der Waals surface area contributed by atoms with Crippen molar-refractivity contribution in [2.75, 3.05) is 0 Å². The molecule has 0 bridgehead atoms. The Labute approximate surface area is 294 Å². The van der Waals surface area contributed by atoms with E-state index in [9.17, 15) is 0 Å². The lowest BCUT2D eigenvalue weighted by Crippen LogP contribution is -2.74. The SMILES string of the molecule is c1ccc([Si](c2ccccc2)(c2ccccc2)c2ccc3c4c5c6ccccc6n6c7ccccc7c(c7c8ccccc8n(c3c2)c74)c56)cc1. The molecule has 0 saturated heterocycles. The molecule has 0 N–H and O–H groups in total. The molecule has 2 nitrogen and oxygen atoms in total. The van der Waals surface area contributed by atoms with Gasteiger partial charge in [0.1, 0.15) is 0 Å². The predicted molar refractivity (Wildman–Crippen MR) is 219 cm³/mol. The van der Waals surface area contributed by atoms with Crippen LogP contribution in [0.2, 0.25) is 0 Å². The molecule has 0 saturated carbocycles. The molecule has 0 aliphatic heterocycles. The van der Waals surface area contributed by atoms with Crippen LogP contribution in [0.4, 0.5) is 0 Å². The molecule has 0 unspecified atom stereocenters. The third-order valence-corrected chi connectivity index (χ3v) is 16.5. The molecule has 0 atom stereocenters. The summed E-state index contributed by atoms with van der Waals surface area (Å²) in [7, 11) is -2.73. The first-order valence-corrected chi connectivity index (χ1v) is 19.8. The summed E-state index contributed by atoms with van der Waals surface area (Å²) in [6, 6.07) is 68.3. The van der Waals surface area contributed by atoms with E-state index in [2.05, 4.69) is 191 Å². The smallest absolute Gasteiger partial charge is 0.179 e. The van der Waals surface area contributed by atoms with Gasteiger partial charge < -0.3 is 8.80 Å². The van der Waals surface area contributed by atoms with Crippen LogP contribution in [-0.2, 0) is 0 Å². The number of fused-ring (bicyclic) bond motifs is 14. The van der Waals surface area contributed by atoms with Gasteiger partial charge in [0.15, 0.2) is 8.07 Å². The lowest BCUT2D eigenvalue weighted by Gasteiger charge is -2.34. The molecular weight excluding hydrogens is 633 g/mol. The summed E-state index contributed by atoms with van der Waals surface area (Å²) in [6.45, 7) is 0. The van der Waals surface area contributed by atoms with Crippen molar-refractivity contribution >= 4 is 105 Å². The van der Waals surface area contributed by atoms with Crippen molar-refractivity contribution in [3.63, 3.8) is 0 Å².